The third-order valence-corrected chi connectivity index (χ3v) is 2.33. The third-order valence-electron chi connectivity index (χ3n) is 2.33. The lowest BCUT2D eigenvalue weighted by atomic mass is 10.3. The van der Waals surface area contributed by atoms with Gasteiger partial charge >= 0.3 is 0 Å². The minimum Gasteiger partial charge on any atom is -0.504 e. The van der Waals surface area contributed by atoms with E-state index in [1.54, 1.807) is 12.1 Å². The summed E-state index contributed by atoms with van der Waals surface area (Å²) in [5.41, 5.74) is 1.64. The third kappa shape index (κ3) is 2.10. The fourth-order valence-electron chi connectivity index (χ4n) is 1.51. The highest BCUT2D eigenvalue weighted by Crippen LogP contribution is 2.16. The van der Waals surface area contributed by atoms with Crippen LogP contribution in [0.4, 0.5) is 0 Å². The van der Waals surface area contributed by atoms with Gasteiger partial charge in [-0.3, -0.25) is 0 Å². The first-order chi connectivity index (χ1) is 7.16. The van der Waals surface area contributed by atoms with Crippen LogP contribution in [0.3, 0.4) is 0 Å². The van der Waals surface area contributed by atoms with Crippen LogP contribution in [-0.4, -0.2) is 40.0 Å². The van der Waals surface area contributed by atoms with E-state index in [9.17, 15) is 5.11 Å². The molecule has 0 spiro atoms. The van der Waals surface area contributed by atoms with Crippen molar-refractivity contribution in [3.63, 3.8) is 0 Å². The van der Waals surface area contributed by atoms with Gasteiger partial charge in [-0.2, -0.15) is 0 Å². The Morgan fingerprint density at radius 2 is 2.27 bits per heavy atom. The van der Waals surface area contributed by atoms with Crippen LogP contribution < -0.4 is 0 Å². The maximum absolute atomic E-state index is 9.57. The Labute approximate surface area is 88.8 Å². The van der Waals surface area contributed by atoms with Gasteiger partial charge in [-0.1, -0.05) is 0 Å². The van der Waals surface area contributed by atoms with E-state index in [0.717, 1.165) is 18.7 Å². The van der Waals surface area contributed by atoms with Crippen molar-refractivity contribution < 1.29 is 5.11 Å². The second kappa shape index (κ2) is 3.90. The van der Waals surface area contributed by atoms with Gasteiger partial charge in [0.05, 0.1) is 5.69 Å². The molecular formula is C11H15N3O. The lowest BCUT2D eigenvalue weighted by Gasteiger charge is -2.06. The van der Waals surface area contributed by atoms with Gasteiger partial charge < -0.3 is 14.4 Å². The number of pyridine rings is 1. The van der Waals surface area contributed by atoms with Crippen molar-refractivity contribution >= 4 is 5.65 Å². The van der Waals surface area contributed by atoms with E-state index in [4.69, 9.17) is 0 Å². The Kier molecular flexibility index (Phi) is 2.60. The number of likely N-dealkylation sites (N-methyl/N-ethyl adjacent to an activating group) is 1. The minimum absolute atomic E-state index is 0.230. The molecule has 0 amide bonds. The Hall–Kier alpha value is -1.55. The SMILES string of the molecule is CN(C)CCc1cn2cccc(O)c2n1. The van der Waals surface area contributed by atoms with Gasteiger partial charge in [0.25, 0.3) is 0 Å². The first-order valence-electron chi connectivity index (χ1n) is 4.97. The molecule has 0 saturated heterocycles. The zero-order valence-electron chi connectivity index (χ0n) is 9.01. The van der Waals surface area contributed by atoms with E-state index in [1.807, 2.05) is 30.9 Å². The molecule has 0 bridgehead atoms. The molecule has 0 atom stereocenters. The van der Waals surface area contributed by atoms with Gasteiger partial charge in [-0.05, 0) is 26.2 Å². The quantitative estimate of drug-likeness (QED) is 0.817. The van der Waals surface area contributed by atoms with E-state index in [2.05, 4.69) is 9.88 Å². The molecule has 0 radical (unpaired) electrons. The summed E-state index contributed by atoms with van der Waals surface area (Å²) >= 11 is 0. The first kappa shape index (κ1) is 9.98. The molecule has 0 fully saturated rings. The summed E-state index contributed by atoms with van der Waals surface area (Å²) in [6.07, 6.45) is 4.74. The molecule has 2 rings (SSSR count). The lowest BCUT2D eigenvalue weighted by Crippen LogP contribution is -2.15. The van der Waals surface area contributed by atoms with Crippen molar-refractivity contribution in [2.75, 3.05) is 20.6 Å². The number of aromatic nitrogens is 2. The topological polar surface area (TPSA) is 40.8 Å². The molecule has 2 heterocycles. The van der Waals surface area contributed by atoms with Crippen molar-refractivity contribution in [2.24, 2.45) is 0 Å². The Bertz CT molecular complexity index is 462. The van der Waals surface area contributed by atoms with Crippen LogP contribution in [0.5, 0.6) is 5.75 Å². The molecule has 4 nitrogen and oxygen atoms in total. The van der Waals surface area contributed by atoms with E-state index in [-0.39, 0.29) is 5.75 Å². The van der Waals surface area contributed by atoms with Crippen molar-refractivity contribution in [3.8, 4) is 5.75 Å². The fourth-order valence-corrected chi connectivity index (χ4v) is 1.51. The number of nitrogens with zero attached hydrogens (tertiary/aromatic N) is 3. The van der Waals surface area contributed by atoms with Gasteiger partial charge in [0.15, 0.2) is 11.4 Å². The molecule has 0 unspecified atom stereocenters. The largest absolute Gasteiger partial charge is 0.504 e. The molecule has 0 aliphatic heterocycles. The van der Waals surface area contributed by atoms with Crippen molar-refractivity contribution in [2.45, 2.75) is 6.42 Å². The predicted octanol–water partition coefficient (Wildman–Crippen LogP) is 1.14. The Balaban J connectivity index is 2.27. The summed E-state index contributed by atoms with van der Waals surface area (Å²) < 4.78 is 1.85. The smallest absolute Gasteiger partial charge is 0.179 e. The van der Waals surface area contributed by atoms with Gasteiger partial charge in [-0.25, -0.2) is 4.98 Å². The molecule has 0 aliphatic carbocycles. The maximum atomic E-state index is 9.57. The second-order valence-corrected chi connectivity index (χ2v) is 3.91. The van der Waals surface area contributed by atoms with Crippen molar-refractivity contribution in [1.82, 2.24) is 14.3 Å². The molecule has 1 N–H and O–H groups in total. The van der Waals surface area contributed by atoms with Gasteiger partial charge in [-0.15, -0.1) is 0 Å². The Morgan fingerprint density at radius 1 is 1.47 bits per heavy atom. The molecule has 2 aromatic heterocycles. The maximum Gasteiger partial charge on any atom is 0.179 e. The van der Waals surface area contributed by atoms with E-state index in [1.165, 1.54) is 0 Å². The number of hydrogen-bond acceptors (Lipinski definition) is 3. The van der Waals surface area contributed by atoms with E-state index >= 15 is 0 Å². The van der Waals surface area contributed by atoms with Crippen LogP contribution in [0.15, 0.2) is 24.5 Å². The molecular weight excluding hydrogens is 190 g/mol. The number of fused-ring (bicyclic) bond motifs is 1. The molecule has 2 aromatic rings. The summed E-state index contributed by atoms with van der Waals surface area (Å²) in [6, 6.07) is 3.46. The summed E-state index contributed by atoms with van der Waals surface area (Å²) in [5, 5.41) is 9.57. The Morgan fingerprint density at radius 3 is 2.93 bits per heavy atom. The van der Waals surface area contributed by atoms with Gasteiger partial charge in [0, 0.05) is 25.4 Å². The molecule has 0 aromatic carbocycles. The highest BCUT2D eigenvalue weighted by molar-refractivity contribution is 5.53. The van der Waals surface area contributed by atoms with Crippen molar-refractivity contribution in [3.05, 3.63) is 30.2 Å². The van der Waals surface area contributed by atoms with Crippen LogP contribution in [0, 0.1) is 0 Å². The molecule has 80 valence electrons. The summed E-state index contributed by atoms with van der Waals surface area (Å²) in [5.74, 6) is 0.230. The predicted molar refractivity (Wildman–Crippen MR) is 59.1 cm³/mol. The van der Waals surface area contributed by atoms with Crippen LogP contribution in [0.2, 0.25) is 0 Å². The number of imidazole rings is 1. The van der Waals surface area contributed by atoms with Crippen LogP contribution in [-0.2, 0) is 6.42 Å². The summed E-state index contributed by atoms with van der Waals surface area (Å²) in [7, 11) is 4.07. The van der Waals surface area contributed by atoms with Gasteiger partial charge in [0.1, 0.15) is 0 Å². The minimum atomic E-state index is 0.230. The van der Waals surface area contributed by atoms with E-state index < -0.39 is 0 Å². The molecule has 15 heavy (non-hydrogen) atoms. The van der Waals surface area contributed by atoms with Crippen LogP contribution >= 0.6 is 0 Å². The first-order valence-corrected chi connectivity index (χ1v) is 4.97. The van der Waals surface area contributed by atoms with Crippen molar-refractivity contribution in [1.29, 1.82) is 0 Å². The lowest BCUT2D eigenvalue weighted by molar-refractivity contribution is 0.412. The average Bonchev–Trinajstić information content (AvgIpc) is 2.59. The highest BCUT2D eigenvalue weighted by atomic mass is 16.3. The second-order valence-electron chi connectivity index (χ2n) is 3.91. The van der Waals surface area contributed by atoms with Crippen LogP contribution in [0.25, 0.3) is 5.65 Å². The highest BCUT2D eigenvalue weighted by Gasteiger charge is 2.04. The number of rotatable bonds is 3. The monoisotopic (exact) mass is 205 g/mol. The summed E-state index contributed by atoms with van der Waals surface area (Å²) in [4.78, 5) is 6.49. The molecule has 0 saturated carbocycles. The number of hydrogen-bond donors (Lipinski definition) is 1. The standard InChI is InChI=1S/C11H15N3O/c1-13(2)7-5-9-8-14-6-3-4-10(15)11(14)12-9/h3-4,6,8,15H,5,7H2,1-2H3. The summed E-state index contributed by atoms with van der Waals surface area (Å²) in [6.45, 7) is 0.963. The molecule has 4 heteroatoms. The fraction of sp³-hybridized carbons (Fsp3) is 0.364. The zero-order valence-corrected chi connectivity index (χ0v) is 9.01. The van der Waals surface area contributed by atoms with Gasteiger partial charge in [0.2, 0.25) is 0 Å². The number of aromatic hydroxyl groups is 1. The average molecular weight is 205 g/mol. The van der Waals surface area contributed by atoms with E-state index in [0.29, 0.717) is 5.65 Å². The van der Waals surface area contributed by atoms with Crippen LogP contribution in [0.1, 0.15) is 5.69 Å². The molecule has 0 aliphatic rings. The zero-order chi connectivity index (χ0) is 10.8. The normalized spacial score (nSPS) is 11.4.